The highest BCUT2D eigenvalue weighted by atomic mass is 19.4. The minimum atomic E-state index is -4.39. The number of furan rings is 1. The monoisotopic (exact) mass is 361 g/mol. The quantitative estimate of drug-likeness (QED) is 0.767. The van der Waals surface area contributed by atoms with Crippen LogP contribution in [0.3, 0.4) is 0 Å². The molecule has 0 unspecified atom stereocenters. The molecule has 1 aromatic carbocycles. The third kappa shape index (κ3) is 2.98. The fraction of sp³-hybridized carbons (Fsp3) is 0.222. The van der Waals surface area contributed by atoms with Gasteiger partial charge in [0.15, 0.2) is 0 Å². The van der Waals surface area contributed by atoms with Crippen molar-refractivity contribution in [1.29, 1.82) is 0 Å². The standard InChI is InChI=1S/C18H14F3N3O2/c19-18(20,21)12-5-3-11(4-6-12)14-8-16(25)23-17-15(14)9-22-24(17)10-13-2-1-7-26-13/h1-7,9,14H,8,10H2,(H,23,25)/t14-/m1/s1. The highest BCUT2D eigenvalue weighted by Crippen LogP contribution is 2.38. The molecule has 1 atom stereocenters. The molecule has 3 aromatic rings. The third-order valence-corrected chi connectivity index (χ3v) is 4.42. The SMILES string of the molecule is O=C1C[C@H](c2ccc(C(F)(F)F)cc2)c2cnn(Cc3ccco3)c2N1. The van der Waals surface area contributed by atoms with Gasteiger partial charge in [0.1, 0.15) is 18.1 Å². The summed E-state index contributed by atoms with van der Waals surface area (Å²) in [6, 6.07) is 8.46. The number of nitrogens with zero attached hydrogens (tertiary/aromatic N) is 2. The summed E-state index contributed by atoms with van der Waals surface area (Å²) < 4.78 is 45.2. The normalized spacial score (nSPS) is 17.0. The number of carbonyl (C=O) groups is 1. The van der Waals surface area contributed by atoms with Gasteiger partial charge in [0, 0.05) is 17.9 Å². The van der Waals surface area contributed by atoms with Gasteiger partial charge in [-0.15, -0.1) is 0 Å². The first-order valence-electron chi connectivity index (χ1n) is 7.97. The predicted octanol–water partition coefficient (Wildman–Crippen LogP) is 4.02. The summed E-state index contributed by atoms with van der Waals surface area (Å²) in [5.41, 5.74) is 0.706. The zero-order valence-corrected chi connectivity index (χ0v) is 13.5. The molecule has 3 heterocycles. The summed E-state index contributed by atoms with van der Waals surface area (Å²) in [4.78, 5) is 12.1. The molecule has 0 radical (unpaired) electrons. The van der Waals surface area contributed by atoms with E-state index in [1.54, 1.807) is 29.3 Å². The van der Waals surface area contributed by atoms with E-state index in [9.17, 15) is 18.0 Å². The van der Waals surface area contributed by atoms with Gasteiger partial charge in [-0.1, -0.05) is 12.1 Å². The number of anilines is 1. The van der Waals surface area contributed by atoms with Crippen LogP contribution < -0.4 is 5.32 Å². The molecule has 0 aliphatic carbocycles. The molecular weight excluding hydrogens is 347 g/mol. The van der Waals surface area contributed by atoms with Crippen LogP contribution in [0.1, 0.15) is 34.8 Å². The van der Waals surface area contributed by atoms with E-state index >= 15 is 0 Å². The van der Waals surface area contributed by atoms with E-state index in [-0.39, 0.29) is 18.2 Å². The average molecular weight is 361 g/mol. The smallest absolute Gasteiger partial charge is 0.416 e. The van der Waals surface area contributed by atoms with Crippen LogP contribution in [-0.4, -0.2) is 15.7 Å². The van der Waals surface area contributed by atoms with Crippen molar-refractivity contribution in [3.63, 3.8) is 0 Å². The molecule has 8 heteroatoms. The van der Waals surface area contributed by atoms with Crippen LogP contribution in [0.5, 0.6) is 0 Å². The number of hydrogen-bond acceptors (Lipinski definition) is 3. The van der Waals surface area contributed by atoms with Gasteiger partial charge in [-0.2, -0.15) is 18.3 Å². The number of rotatable bonds is 3. The van der Waals surface area contributed by atoms with E-state index in [0.717, 1.165) is 17.7 Å². The summed E-state index contributed by atoms with van der Waals surface area (Å²) in [5.74, 6) is 0.680. The summed E-state index contributed by atoms with van der Waals surface area (Å²) in [6.45, 7) is 0.350. The summed E-state index contributed by atoms with van der Waals surface area (Å²) >= 11 is 0. The lowest BCUT2D eigenvalue weighted by atomic mass is 9.87. The zero-order valence-electron chi connectivity index (χ0n) is 13.5. The molecule has 0 saturated heterocycles. The Hall–Kier alpha value is -3.03. The van der Waals surface area contributed by atoms with Crippen molar-refractivity contribution in [2.24, 2.45) is 0 Å². The van der Waals surface area contributed by atoms with Gasteiger partial charge in [0.05, 0.1) is 18.0 Å². The van der Waals surface area contributed by atoms with Crippen molar-refractivity contribution in [3.05, 3.63) is 71.3 Å². The minimum absolute atomic E-state index is 0.158. The van der Waals surface area contributed by atoms with E-state index in [1.165, 1.54) is 12.1 Å². The molecule has 1 N–H and O–H groups in total. The summed E-state index contributed by atoms with van der Waals surface area (Å²) in [6.07, 6.45) is -1.04. The van der Waals surface area contributed by atoms with E-state index in [1.807, 2.05) is 0 Å². The number of carbonyl (C=O) groups excluding carboxylic acids is 1. The van der Waals surface area contributed by atoms with Crippen LogP contribution in [0.4, 0.5) is 19.0 Å². The van der Waals surface area contributed by atoms with E-state index < -0.39 is 11.7 Å². The fourth-order valence-electron chi connectivity index (χ4n) is 3.14. The first kappa shape index (κ1) is 16.4. The molecule has 0 fully saturated rings. The molecule has 2 aromatic heterocycles. The lowest BCUT2D eigenvalue weighted by Gasteiger charge is -2.24. The Morgan fingerprint density at radius 3 is 2.65 bits per heavy atom. The average Bonchev–Trinajstić information content (AvgIpc) is 3.24. The number of halogens is 3. The first-order chi connectivity index (χ1) is 12.4. The highest BCUT2D eigenvalue weighted by Gasteiger charge is 2.33. The molecule has 0 spiro atoms. The van der Waals surface area contributed by atoms with Crippen molar-refractivity contribution < 1.29 is 22.4 Å². The number of amides is 1. The number of aromatic nitrogens is 2. The van der Waals surface area contributed by atoms with Crippen molar-refractivity contribution in [1.82, 2.24) is 9.78 Å². The Morgan fingerprint density at radius 1 is 1.23 bits per heavy atom. The van der Waals surface area contributed by atoms with Crippen LogP contribution in [0.15, 0.2) is 53.3 Å². The summed E-state index contributed by atoms with van der Waals surface area (Å²) in [7, 11) is 0. The second kappa shape index (κ2) is 6.05. The maximum absolute atomic E-state index is 12.8. The van der Waals surface area contributed by atoms with E-state index in [0.29, 0.717) is 23.7 Å². The van der Waals surface area contributed by atoms with Crippen LogP contribution in [-0.2, 0) is 17.5 Å². The van der Waals surface area contributed by atoms with Crippen molar-refractivity contribution in [3.8, 4) is 0 Å². The number of alkyl halides is 3. The molecule has 0 saturated carbocycles. The van der Waals surface area contributed by atoms with E-state index in [2.05, 4.69) is 10.4 Å². The zero-order chi connectivity index (χ0) is 18.3. The highest BCUT2D eigenvalue weighted by molar-refractivity contribution is 5.94. The maximum Gasteiger partial charge on any atom is 0.416 e. The number of nitrogens with one attached hydrogen (secondary N) is 1. The van der Waals surface area contributed by atoms with Crippen LogP contribution in [0, 0.1) is 0 Å². The predicted molar refractivity (Wildman–Crippen MR) is 86.6 cm³/mol. The minimum Gasteiger partial charge on any atom is -0.467 e. The largest absolute Gasteiger partial charge is 0.467 e. The lowest BCUT2D eigenvalue weighted by Crippen LogP contribution is -2.25. The molecule has 26 heavy (non-hydrogen) atoms. The number of benzene rings is 1. The second-order valence-electron chi connectivity index (χ2n) is 6.11. The molecule has 1 amide bonds. The van der Waals surface area contributed by atoms with Gasteiger partial charge >= 0.3 is 6.18 Å². The Bertz CT molecular complexity index is 928. The van der Waals surface area contributed by atoms with Crippen LogP contribution >= 0.6 is 0 Å². The van der Waals surface area contributed by atoms with Gasteiger partial charge in [0.2, 0.25) is 5.91 Å². The molecular formula is C18H14F3N3O2. The molecule has 134 valence electrons. The van der Waals surface area contributed by atoms with Crippen molar-refractivity contribution in [2.45, 2.75) is 25.1 Å². The van der Waals surface area contributed by atoms with Gasteiger partial charge in [-0.3, -0.25) is 4.79 Å². The number of fused-ring (bicyclic) bond motifs is 1. The molecule has 1 aliphatic heterocycles. The number of hydrogen-bond donors (Lipinski definition) is 1. The van der Waals surface area contributed by atoms with Crippen molar-refractivity contribution in [2.75, 3.05) is 5.32 Å². The Morgan fingerprint density at radius 2 is 2.00 bits per heavy atom. The first-order valence-corrected chi connectivity index (χ1v) is 7.97. The topological polar surface area (TPSA) is 60.1 Å². The Kier molecular flexibility index (Phi) is 3.82. The van der Waals surface area contributed by atoms with E-state index in [4.69, 9.17) is 4.42 Å². The maximum atomic E-state index is 12.8. The molecule has 0 bridgehead atoms. The Labute approximate surface area is 146 Å². The molecule has 4 rings (SSSR count). The molecule has 5 nitrogen and oxygen atoms in total. The van der Waals surface area contributed by atoms with Crippen molar-refractivity contribution >= 4 is 11.7 Å². The van der Waals surface area contributed by atoms with Gasteiger partial charge < -0.3 is 9.73 Å². The third-order valence-electron chi connectivity index (χ3n) is 4.42. The second-order valence-corrected chi connectivity index (χ2v) is 6.11. The van der Waals surface area contributed by atoms with Gasteiger partial charge in [-0.05, 0) is 29.8 Å². The van der Waals surface area contributed by atoms with Gasteiger partial charge in [0.25, 0.3) is 0 Å². The summed E-state index contributed by atoms with van der Waals surface area (Å²) in [5, 5.41) is 7.10. The fourth-order valence-corrected chi connectivity index (χ4v) is 3.14. The van der Waals surface area contributed by atoms with Crippen LogP contribution in [0.2, 0.25) is 0 Å². The van der Waals surface area contributed by atoms with Crippen LogP contribution in [0.25, 0.3) is 0 Å². The van der Waals surface area contributed by atoms with Gasteiger partial charge in [-0.25, -0.2) is 4.68 Å². The molecule has 1 aliphatic rings. The lowest BCUT2D eigenvalue weighted by molar-refractivity contribution is -0.137. The Balaban J connectivity index is 1.67.